The first-order chi connectivity index (χ1) is 16.6. The summed E-state index contributed by atoms with van der Waals surface area (Å²) in [5.74, 6) is 1.52. The van der Waals surface area contributed by atoms with Crippen molar-refractivity contribution in [1.82, 2.24) is 5.16 Å². The number of carbonyl (C=O) groups excluding carboxylic acids is 2. The van der Waals surface area contributed by atoms with Gasteiger partial charge in [0, 0.05) is 22.3 Å². The molecule has 3 saturated carbocycles. The van der Waals surface area contributed by atoms with Gasteiger partial charge in [0.2, 0.25) is 5.24 Å². The van der Waals surface area contributed by atoms with E-state index in [1.54, 1.807) is 0 Å². The van der Waals surface area contributed by atoms with E-state index in [4.69, 9.17) is 16.1 Å². The Balaban J connectivity index is 1.51. The average molecular weight is 512 g/mol. The van der Waals surface area contributed by atoms with Crippen molar-refractivity contribution in [2.45, 2.75) is 105 Å². The molecule has 5 aliphatic carbocycles. The first-order valence-corrected chi connectivity index (χ1v) is 14.4. The zero-order valence-electron chi connectivity index (χ0n) is 23.1. The third kappa shape index (κ3) is 2.81. The molecule has 0 radical (unpaired) electrons. The lowest BCUT2D eigenvalue weighted by Gasteiger charge is -2.69. The van der Waals surface area contributed by atoms with Crippen molar-refractivity contribution in [2.24, 2.45) is 44.8 Å². The molecule has 0 bridgehead atoms. The molecule has 6 rings (SSSR count). The normalized spacial score (nSPS) is 46.4. The molecule has 5 aliphatic rings. The summed E-state index contributed by atoms with van der Waals surface area (Å²) in [5.41, 5.74) is 1.56. The molecule has 0 spiro atoms. The van der Waals surface area contributed by atoms with Gasteiger partial charge in [0.25, 0.3) is 0 Å². The van der Waals surface area contributed by atoms with Crippen molar-refractivity contribution in [3.8, 4) is 0 Å². The summed E-state index contributed by atoms with van der Waals surface area (Å²) in [4.78, 5) is 27.4. The summed E-state index contributed by atoms with van der Waals surface area (Å²) in [7, 11) is 0. The van der Waals surface area contributed by atoms with Crippen molar-refractivity contribution >= 4 is 22.6 Å². The highest BCUT2D eigenvalue weighted by atomic mass is 35.5. The molecule has 7 atom stereocenters. The molecule has 4 nitrogen and oxygen atoms in total. The Morgan fingerprint density at radius 2 is 1.72 bits per heavy atom. The third-order valence-corrected chi connectivity index (χ3v) is 13.1. The van der Waals surface area contributed by atoms with Crippen LogP contribution in [0.4, 0.5) is 0 Å². The molecule has 1 heterocycles. The van der Waals surface area contributed by atoms with E-state index in [0.29, 0.717) is 5.92 Å². The second-order valence-corrected chi connectivity index (χ2v) is 15.5. The fraction of sp³-hybridized carbons (Fsp3) is 0.774. The molecular formula is C31H42ClNO3. The Hall–Kier alpha value is -1.42. The van der Waals surface area contributed by atoms with Crippen LogP contribution in [-0.4, -0.2) is 16.2 Å². The topological polar surface area (TPSA) is 60.2 Å². The number of hydrogen-bond donors (Lipinski definition) is 0. The highest BCUT2D eigenvalue weighted by Crippen LogP contribution is 2.74. The van der Waals surface area contributed by atoms with E-state index in [0.717, 1.165) is 57.1 Å². The molecule has 1 aromatic heterocycles. The van der Waals surface area contributed by atoms with Gasteiger partial charge in [-0.25, -0.2) is 0 Å². The summed E-state index contributed by atoms with van der Waals surface area (Å²) in [6, 6.07) is 0. The van der Waals surface area contributed by atoms with E-state index < -0.39 is 5.41 Å². The SMILES string of the molecule is CC1(C)CC[C@]2(C(=O)Cl)CC[C@]3(C)C(C(=O)C=C4[C@@]5(C)Cc6cnoc6C(C)(C)C5CC[C@]43C)C2C1. The number of rotatable bonds is 1. The number of allylic oxidation sites excluding steroid dienone is 2. The van der Waals surface area contributed by atoms with Crippen molar-refractivity contribution in [3.05, 3.63) is 29.2 Å². The van der Waals surface area contributed by atoms with Gasteiger partial charge in [-0.1, -0.05) is 59.2 Å². The minimum Gasteiger partial charge on any atom is -0.361 e. The van der Waals surface area contributed by atoms with Gasteiger partial charge < -0.3 is 4.52 Å². The van der Waals surface area contributed by atoms with Crippen LogP contribution in [0.5, 0.6) is 0 Å². The summed E-state index contributed by atoms with van der Waals surface area (Å²) in [6.07, 6.45) is 11.4. The van der Waals surface area contributed by atoms with Crippen molar-refractivity contribution in [1.29, 1.82) is 0 Å². The van der Waals surface area contributed by atoms with Gasteiger partial charge in [0.05, 0.1) is 6.20 Å². The van der Waals surface area contributed by atoms with Crippen LogP contribution in [0.15, 0.2) is 22.4 Å². The van der Waals surface area contributed by atoms with Crippen LogP contribution >= 0.6 is 11.6 Å². The lowest BCUT2D eigenvalue weighted by atomic mass is 9.34. The van der Waals surface area contributed by atoms with Gasteiger partial charge in [0.15, 0.2) is 5.78 Å². The zero-order chi connectivity index (χ0) is 26.1. The molecule has 1 aromatic rings. The van der Waals surface area contributed by atoms with E-state index in [-0.39, 0.29) is 49.9 Å². The largest absolute Gasteiger partial charge is 0.361 e. The molecule has 196 valence electrons. The van der Waals surface area contributed by atoms with Crippen molar-refractivity contribution in [2.75, 3.05) is 0 Å². The van der Waals surface area contributed by atoms with Gasteiger partial charge in [-0.2, -0.15) is 0 Å². The van der Waals surface area contributed by atoms with E-state index in [9.17, 15) is 9.59 Å². The standard InChI is InChI=1S/C31H42ClNO3/c1-26(2)10-12-31(25(32)35)13-11-30(7)23(19(31)16-26)20(34)14-22-28(5)15-18-17-33-36-24(18)27(3,4)21(28)8-9-29(22,30)6/h14,17,19,21,23H,8-13,15-16H2,1-7H3/t19?,21?,23?,28-,29+,30+,31-/m0/s1. The van der Waals surface area contributed by atoms with Crippen molar-refractivity contribution in [3.63, 3.8) is 0 Å². The summed E-state index contributed by atoms with van der Waals surface area (Å²) in [5, 5.41) is 3.97. The second kappa shape index (κ2) is 7.16. The van der Waals surface area contributed by atoms with Gasteiger partial charge in [-0.05, 0) is 103 Å². The monoisotopic (exact) mass is 511 g/mol. The molecule has 5 heteroatoms. The number of ketones is 1. The highest BCUT2D eigenvalue weighted by molar-refractivity contribution is 6.64. The summed E-state index contributed by atoms with van der Waals surface area (Å²) >= 11 is 6.41. The molecule has 0 saturated heterocycles. The maximum Gasteiger partial charge on any atom is 0.228 e. The van der Waals surface area contributed by atoms with Crippen LogP contribution < -0.4 is 0 Å². The first kappa shape index (κ1) is 24.9. The third-order valence-electron chi connectivity index (χ3n) is 12.7. The smallest absolute Gasteiger partial charge is 0.228 e. The molecule has 0 amide bonds. The Labute approximate surface area is 221 Å². The number of nitrogens with zero attached hydrogens (tertiary/aromatic N) is 1. The Bertz CT molecular complexity index is 1190. The highest BCUT2D eigenvalue weighted by Gasteiger charge is 2.70. The molecular weight excluding hydrogens is 470 g/mol. The number of fused-ring (bicyclic) bond motifs is 8. The number of aromatic nitrogens is 1. The lowest BCUT2D eigenvalue weighted by molar-refractivity contribution is -0.174. The first-order valence-electron chi connectivity index (χ1n) is 14.0. The van der Waals surface area contributed by atoms with Crippen LogP contribution in [-0.2, 0) is 21.4 Å². The molecule has 0 aliphatic heterocycles. The van der Waals surface area contributed by atoms with Gasteiger partial charge in [-0.3, -0.25) is 9.59 Å². The Morgan fingerprint density at radius 3 is 2.42 bits per heavy atom. The van der Waals surface area contributed by atoms with Gasteiger partial charge in [0.1, 0.15) is 5.76 Å². The predicted molar refractivity (Wildman–Crippen MR) is 141 cm³/mol. The van der Waals surface area contributed by atoms with E-state index in [1.165, 1.54) is 11.1 Å². The van der Waals surface area contributed by atoms with E-state index in [1.807, 2.05) is 6.20 Å². The molecule has 0 N–H and O–H groups in total. The van der Waals surface area contributed by atoms with E-state index >= 15 is 0 Å². The lowest BCUT2D eigenvalue weighted by Crippen LogP contribution is -2.65. The molecule has 0 aromatic carbocycles. The fourth-order valence-corrected chi connectivity index (χ4v) is 11.0. The average Bonchev–Trinajstić information content (AvgIpc) is 3.23. The number of carbonyl (C=O) groups is 2. The Kier molecular flexibility index (Phi) is 4.95. The summed E-state index contributed by atoms with van der Waals surface area (Å²) < 4.78 is 5.78. The second-order valence-electron chi connectivity index (χ2n) is 15.2. The summed E-state index contributed by atoms with van der Waals surface area (Å²) in [6.45, 7) is 16.4. The molecule has 36 heavy (non-hydrogen) atoms. The van der Waals surface area contributed by atoms with E-state index in [2.05, 4.69) is 59.7 Å². The molecule has 3 fully saturated rings. The minimum absolute atomic E-state index is 0.0186. The van der Waals surface area contributed by atoms with Crippen LogP contribution in [0.1, 0.15) is 105 Å². The van der Waals surface area contributed by atoms with Gasteiger partial charge in [-0.15, -0.1) is 0 Å². The Morgan fingerprint density at radius 1 is 1.03 bits per heavy atom. The van der Waals surface area contributed by atoms with Crippen LogP contribution in [0.2, 0.25) is 0 Å². The quantitative estimate of drug-likeness (QED) is 0.368. The number of hydrogen-bond acceptors (Lipinski definition) is 4. The fourth-order valence-electron chi connectivity index (χ4n) is 10.6. The zero-order valence-corrected chi connectivity index (χ0v) is 23.8. The van der Waals surface area contributed by atoms with Gasteiger partial charge >= 0.3 is 0 Å². The van der Waals surface area contributed by atoms with Crippen molar-refractivity contribution < 1.29 is 14.1 Å². The van der Waals surface area contributed by atoms with Crippen LogP contribution in [0, 0.1) is 44.8 Å². The predicted octanol–water partition coefficient (Wildman–Crippen LogP) is 7.43. The maximum atomic E-state index is 14.4. The van der Waals surface area contributed by atoms with Crippen LogP contribution in [0.3, 0.4) is 0 Å². The van der Waals surface area contributed by atoms with Crippen LogP contribution in [0.25, 0.3) is 0 Å². The molecule has 3 unspecified atom stereocenters. The minimum atomic E-state index is -0.552. The maximum absolute atomic E-state index is 14.4. The number of halogens is 1.